The predicted molar refractivity (Wildman–Crippen MR) is 93.5 cm³/mol. The summed E-state index contributed by atoms with van der Waals surface area (Å²) in [6.45, 7) is 7.68. The number of nitrogens with zero attached hydrogens (tertiary/aromatic N) is 2. The first-order valence-electron chi connectivity index (χ1n) is 7.12. The summed E-state index contributed by atoms with van der Waals surface area (Å²) >= 11 is 0. The normalized spacial score (nSPS) is 11.5. The summed E-state index contributed by atoms with van der Waals surface area (Å²) in [6.07, 6.45) is 4.88. The molecule has 0 spiro atoms. The van der Waals surface area contributed by atoms with E-state index in [2.05, 4.69) is 36.2 Å². The zero-order valence-electron chi connectivity index (χ0n) is 12.7. The predicted octanol–water partition coefficient (Wildman–Crippen LogP) is 3.40. The van der Waals surface area contributed by atoms with Gasteiger partial charge in [-0.15, -0.1) is 24.0 Å². The van der Waals surface area contributed by atoms with Gasteiger partial charge in [0.05, 0.1) is 5.69 Å². The molecule has 6 heteroatoms. The van der Waals surface area contributed by atoms with Crippen LogP contribution in [0.3, 0.4) is 0 Å². The molecule has 0 atom stereocenters. The molecule has 20 heavy (non-hydrogen) atoms. The van der Waals surface area contributed by atoms with Crippen molar-refractivity contribution >= 4 is 29.9 Å². The lowest BCUT2D eigenvalue weighted by Crippen LogP contribution is -2.32. The van der Waals surface area contributed by atoms with Gasteiger partial charge in [-0.05, 0) is 12.3 Å². The lowest BCUT2D eigenvalue weighted by atomic mass is 10.1. The maximum atomic E-state index is 5.78. The molecule has 0 aliphatic heterocycles. The minimum Gasteiger partial charge on any atom is -0.370 e. The van der Waals surface area contributed by atoms with Crippen molar-refractivity contribution in [2.75, 3.05) is 6.54 Å². The molecule has 1 rings (SSSR count). The minimum absolute atomic E-state index is 0. The number of guanidine groups is 1. The van der Waals surface area contributed by atoms with Crippen LogP contribution in [0, 0.1) is 0 Å². The second-order valence-corrected chi connectivity index (χ2v) is 5.06. The standard InChI is InChI=1S/C14H26N4O.HI/c1-4-5-6-7-8-16-14(15)17-10-12-9-13(11(2)3)18-19-12;/h9,11H,4-8,10H2,1-3H3,(H3,15,16,17);1H. The first-order chi connectivity index (χ1) is 9.13. The smallest absolute Gasteiger partial charge is 0.189 e. The minimum atomic E-state index is 0. The van der Waals surface area contributed by atoms with Crippen LogP contribution in [0.2, 0.25) is 0 Å². The molecule has 3 N–H and O–H groups in total. The Labute approximate surface area is 138 Å². The van der Waals surface area contributed by atoms with E-state index in [1.807, 2.05) is 6.07 Å². The van der Waals surface area contributed by atoms with Gasteiger partial charge < -0.3 is 15.6 Å². The Balaban J connectivity index is 0.00000361. The summed E-state index contributed by atoms with van der Waals surface area (Å²) in [6, 6.07) is 1.93. The van der Waals surface area contributed by atoms with E-state index < -0.39 is 0 Å². The van der Waals surface area contributed by atoms with E-state index in [0.717, 1.165) is 24.4 Å². The van der Waals surface area contributed by atoms with E-state index in [0.29, 0.717) is 18.4 Å². The lowest BCUT2D eigenvalue weighted by molar-refractivity contribution is 0.376. The van der Waals surface area contributed by atoms with Gasteiger partial charge >= 0.3 is 0 Å². The van der Waals surface area contributed by atoms with Crippen LogP contribution >= 0.6 is 24.0 Å². The fourth-order valence-electron chi connectivity index (χ4n) is 1.66. The maximum Gasteiger partial charge on any atom is 0.189 e. The molecule has 0 aliphatic carbocycles. The Bertz CT molecular complexity index is 390. The van der Waals surface area contributed by atoms with Crippen molar-refractivity contribution in [1.82, 2.24) is 10.5 Å². The van der Waals surface area contributed by atoms with Crippen molar-refractivity contribution in [3.63, 3.8) is 0 Å². The molecule has 0 saturated heterocycles. The Hall–Kier alpha value is -0.790. The quantitative estimate of drug-likeness (QED) is 0.307. The van der Waals surface area contributed by atoms with Crippen LogP contribution in [0.25, 0.3) is 0 Å². The Kier molecular flexibility index (Phi) is 10.5. The van der Waals surface area contributed by atoms with Gasteiger partial charge in [-0.25, -0.2) is 4.99 Å². The second-order valence-electron chi connectivity index (χ2n) is 5.06. The van der Waals surface area contributed by atoms with Crippen LogP contribution in [-0.4, -0.2) is 17.7 Å². The largest absolute Gasteiger partial charge is 0.370 e. The number of hydrogen-bond donors (Lipinski definition) is 2. The molecule has 5 nitrogen and oxygen atoms in total. The number of unbranched alkanes of at least 4 members (excludes halogenated alkanes) is 3. The zero-order valence-corrected chi connectivity index (χ0v) is 15.0. The number of hydrogen-bond acceptors (Lipinski definition) is 3. The number of halogens is 1. The summed E-state index contributed by atoms with van der Waals surface area (Å²) in [5.74, 6) is 1.59. The van der Waals surface area contributed by atoms with Crippen molar-refractivity contribution < 1.29 is 4.52 Å². The molecule has 0 unspecified atom stereocenters. The summed E-state index contributed by atoms with van der Waals surface area (Å²) in [7, 11) is 0. The van der Waals surface area contributed by atoms with Crippen LogP contribution in [-0.2, 0) is 6.54 Å². The van der Waals surface area contributed by atoms with E-state index >= 15 is 0 Å². The average Bonchev–Trinajstić information content (AvgIpc) is 2.85. The third-order valence-corrected chi connectivity index (χ3v) is 2.91. The molecule has 0 amide bonds. The second kappa shape index (κ2) is 10.9. The summed E-state index contributed by atoms with van der Waals surface area (Å²) in [5, 5.41) is 7.09. The summed E-state index contributed by atoms with van der Waals surface area (Å²) < 4.78 is 5.19. The first kappa shape index (κ1) is 19.2. The number of aliphatic imine (C=N–C) groups is 1. The highest BCUT2D eigenvalue weighted by Crippen LogP contribution is 2.14. The van der Waals surface area contributed by atoms with Crippen LogP contribution < -0.4 is 11.1 Å². The highest BCUT2D eigenvalue weighted by molar-refractivity contribution is 14.0. The molecule has 1 aromatic rings. The Morgan fingerprint density at radius 2 is 2.15 bits per heavy atom. The van der Waals surface area contributed by atoms with E-state index in [1.54, 1.807) is 0 Å². The van der Waals surface area contributed by atoms with Gasteiger partial charge in [-0.1, -0.05) is 45.2 Å². The van der Waals surface area contributed by atoms with Gasteiger partial charge in [-0.2, -0.15) is 0 Å². The number of aromatic nitrogens is 1. The molecule has 0 bridgehead atoms. The topological polar surface area (TPSA) is 76.4 Å². The van der Waals surface area contributed by atoms with E-state index in [1.165, 1.54) is 19.3 Å². The van der Waals surface area contributed by atoms with Gasteiger partial charge in [0.25, 0.3) is 0 Å². The Morgan fingerprint density at radius 1 is 1.40 bits per heavy atom. The monoisotopic (exact) mass is 394 g/mol. The van der Waals surface area contributed by atoms with Gasteiger partial charge in [0.2, 0.25) is 0 Å². The van der Waals surface area contributed by atoms with Gasteiger partial charge in [0.15, 0.2) is 11.7 Å². The van der Waals surface area contributed by atoms with Gasteiger partial charge in [0.1, 0.15) is 6.54 Å². The zero-order chi connectivity index (χ0) is 14.1. The van der Waals surface area contributed by atoms with Gasteiger partial charge in [0, 0.05) is 12.6 Å². The third-order valence-electron chi connectivity index (χ3n) is 2.91. The molecular weight excluding hydrogens is 367 g/mol. The van der Waals surface area contributed by atoms with Crippen molar-refractivity contribution in [3.8, 4) is 0 Å². The molecule has 1 heterocycles. The number of nitrogens with one attached hydrogen (secondary N) is 1. The van der Waals surface area contributed by atoms with Crippen LogP contribution in [0.5, 0.6) is 0 Å². The van der Waals surface area contributed by atoms with E-state index in [9.17, 15) is 0 Å². The molecule has 116 valence electrons. The van der Waals surface area contributed by atoms with E-state index in [4.69, 9.17) is 10.3 Å². The molecule has 0 saturated carbocycles. The maximum absolute atomic E-state index is 5.78. The average molecular weight is 394 g/mol. The molecule has 0 radical (unpaired) electrons. The third kappa shape index (κ3) is 7.72. The van der Waals surface area contributed by atoms with Crippen molar-refractivity contribution in [1.29, 1.82) is 0 Å². The van der Waals surface area contributed by atoms with Gasteiger partial charge in [-0.3, -0.25) is 0 Å². The summed E-state index contributed by atoms with van der Waals surface area (Å²) in [4.78, 5) is 4.23. The lowest BCUT2D eigenvalue weighted by Gasteiger charge is -2.04. The van der Waals surface area contributed by atoms with Crippen molar-refractivity contribution in [3.05, 3.63) is 17.5 Å². The first-order valence-corrected chi connectivity index (χ1v) is 7.12. The Morgan fingerprint density at radius 3 is 2.75 bits per heavy atom. The van der Waals surface area contributed by atoms with Crippen LogP contribution in [0.15, 0.2) is 15.6 Å². The summed E-state index contributed by atoms with van der Waals surface area (Å²) in [5.41, 5.74) is 6.73. The molecular formula is C14H27IN4O. The molecule has 0 aromatic carbocycles. The van der Waals surface area contributed by atoms with E-state index in [-0.39, 0.29) is 24.0 Å². The SMILES string of the molecule is CCCCCCNC(N)=NCc1cc(C(C)C)no1.I. The van der Waals surface area contributed by atoms with Crippen LogP contribution in [0.1, 0.15) is 63.8 Å². The highest BCUT2D eigenvalue weighted by atomic mass is 127. The van der Waals surface area contributed by atoms with Crippen molar-refractivity contribution in [2.24, 2.45) is 10.7 Å². The van der Waals surface area contributed by atoms with Crippen molar-refractivity contribution in [2.45, 2.75) is 58.9 Å². The fraction of sp³-hybridized carbons (Fsp3) is 0.714. The number of rotatable bonds is 8. The van der Waals surface area contributed by atoms with Crippen LogP contribution in [0.4, 0.5) is 0 Å². The molecule has 0 aliphatic rings. The molecule has 0 fully saturated rings. The fourth-order valence-corrected chi connectivity index (χ4v) is 1.66. The number of nitrogens with two attached hydrogens (primary N) is 1. The molecule has 1 aromatic heterocycles. The highest BCUT2D eigenvalue weighted by Gasteiger charge is 2.06.